The van der Waals surface area contributed by atoms with Gasteiger partial charge in [0.1, 0.15) is 17.2 Å². The lowest BCUT2D eigenvalue weighted by Crippen LogP contribution is -2.32. The van der Waals surface area contributed by atoms with Gasteiger partial charge in [-0.15, -0.1) is 0 Å². The van der Waals surface area contributed by atoms with Gasteiger partial charge in [0, 0.05) is 11.3 Å². The van der Waals surface area contributed by atoms with Crippen LogP contribution in [0, 0.1) is 0 Å². The van der Waals surface area contributed by atoms with Crippen LogP contribution in [-0.2, 0) is 16.1 Å². The van der Waals surface area contributed by atoms with Crippen molar-refractivity contribution in [2.45, 2.75) is 6.54 Å². The Hall–Kier alpha value is -3.77. The highest BCUT2D eigenvalue weighted by Crippen LogP contribution is 2.36. The fourth-order valence-electron chi connectivity index (χ4n) is 3.59. The zero-order valence-electron chi connectivity index (χ0n) is 17.6. The van der Waals surface area contributed by atoms with E-state index in [1.807, 2.05) is 36.4 Å². The lowest BCUT2D eigenvalue weighted by atomic mass is 10.0. The van der Waals surface area contributed by atoms with Crippen molar-refractivity contribution >= 4 is 34.7 Å². The number of nitrogens with zero attached hydrogens (tertiary/aromatic N) is 1. The van der Waals surface area contributed by atoms with Crippen molar-refractivity contribution in [3.63, 3.8) is 0 Å². The molecule has 1 aliphatic heterocycles. The van der Waals surface area contributed by atoms with Crippen LogP contribution in [0.25, 0.3) is 5.57 Å². The molecule has 1 aliphatic rings. The molecule has 4 rings (SSSR count). The molecule has 3 aromatic carbocycles. The number of imide groups is 1. The van der Waals surface area contributed by atoms with Gasteiger partial charge in [0.15, 0.2) is 0 Å². The van der Waals surface area contributed by atoms with Gasteiger partial charge in [-0.25, -0.2) is 0 Å². The molecule has 7 heteroatoms. The van der Waals surface area contributed by atoms with Gasteiger partial charge in [0.05, 0.1) is 31.4 Å². The minimum atomic E-state index is -0.424. The predicted octanol–water partition coefficient (Wildman–Crippen LogP) is 4.75. The first-order valence-electron chi connectivity index (χ1n) is 9.92. The van der Waals surface area contributed by atoms with Crippen LogP contribution in [0.15, 0.2) is 78.5 Å². The van der Waals surface area contributed by atoms with E-state index in [2.05, 4.69) is 5.32 Å². The summed E-state index contributed by atoms with van der Waals surface area (Å²) in [5, 5.41) is 3.48. The zero-order chi connectivity index (χ0) is 22.7. The third-order valence-corrected chi connectivity index (χ3v) is 5.44. The van der Waals surface area contributed by atoms with Crippen LogP contribution in [0.4, 0.5) is 5.69 Å². The van der Waals surface area contributed by atoms with Gasteiger partial charge in [0.2, 0.25) is 0 Å². The average Bonchev–Trinajstić information content (AvgIpc) is 3.04. The van der Waals surface area contributed by atoms with Crippen molar-refractivity contribution in [3.05, 3.63) is 94.6 Å². The van der Waals surface area contributed by atoms with Crippen molar-refractivity contribution in [2.75, 3.05) is 19.5 Å². The summed E-state index contributed by atoms with van der Waals surface area (Å²) in [7, 11) is 3.05. The molecular formula is C25H21ClN2O4. The first-order chi connectivity index (χ1) is 15.5. The van der Waals surface area contributed by atoms with Crippen LogP contribution in [0.2, 0.25) is 5.02 Å². The maximum Gasteiger partial charge on any atom is 0.278 e. The lowest BCUT2D eigenvalue weighted by Gasteiger charge is -2.15. The molecule has 0 aromatic heterocycles. The number of methoxy groups -OCH3 is 2. The Labute approximate surface area is 191 Å². The van der Waals surface area contributed by atoms with Crippen molar-refractivity contribution in [3.8, 4) is 11.5 Å². The monoisotopic (exact) mass is 448 g/mol. The molecule has 0 saturated carbocycles. The number of ether oxygens (including phenoxy) is 2. The van der Waals surface area contributed by atoms with E-state index in [1.165, 1.54) is 19.1 Å². The minimum Gasteiger partial charge on any atom is -0.496 e. The van der Waals surface area contributed by atoms with E-state index in [4.69, 9.17) is 21.1 Å². The number of rotatable bonds is 7. The van der Waals surface area contributed by atoms with Gasteiger partial charge >= 0.3 is 0 Å². The fraction of sp³-hybridized carbons (Fsp3) is 0.120. The summed E-state index contributed by atoms with van der Waals surface area (Å²) in [5.74, 6) is 0.185. The lowest BCUT2D eigenvalue weighted by molar-refractivity contribution is -0.137. The quantitative estimate of drug-likeness (QED) is 0.528. The number of hydrogen-bond acceptors (Lipinski definition) is 5. The number of nitrogens with one attached hydrogen (secondary N) is 1. The molecule has 0 saturated heterocycles. The van der Waals surface area contributed by atoms with Gasteiger partial charge in [-0.3, -0.25) is 14.5 Å². The Morgan fingerprint density at radius 2 is 1.53 bits per heavy atom. The highest BCUT2D eigenvalue weighted by Gasteiger charge is 2.40. The number of carbonyl (C=O) groups excluding carboxylic acids is 2. The molecule has 0 radical (unpaired) electrons. The number of anilines is 1. The van der Waals surface area contributed by atoms with Crippen molar-refractivity contribution in [2.24, 2.45) is 0 Å². The number of benzene rings is 3. The van der Waals surface area contributed by atoms with Crippen LogP contribution in [0.5, 0.6) is 11.5 Å². The predicted molar refractivity (Wildman–Crippen MR) is 124 cm³/mol. The number of halogens is 1. The van der Waals surface area contributed by atoms with E-state index < -0.39 is 11.8 Å². The third-order valence-electron chi connectivity index (χ3n) is 5.15. The first kappa shape index (κ1) is 21.5. The molecule has 1 N–H and O–H groups in total. The number of para-hydroxylation sites is 1. The number of amides is 2. The van der Waals surface area contributed by atoms with Gasteiger partial charge in [0.25, 0.3) is 11.8 Å². The van der Waals surface area contributed by atoms with Gasteiger partial charge in [-0.2, -0.15) is 0 Å². The summed E-state index contributed by atoms with van der Waals surface area (Å²) in [6.07, 6.45) is 0. The highest BCUT2D eigenvalue weighted by molar-refractivity contribution is 6.37. The summed E-state index contributed by atoms with van der Waals surface area (Å²) >= 11 is 6.25. The fourth-order valence-corrected chi connectivity index (χ4v) is 3.85. The Morgan fingerprint density at radius 3 is 2.22 bits per heavy atom. The molecule has 0 aliphatic carbocycles. The number of carbonyl (C=O) groups is 2. The average molecular weight is 449 g/mol. The van der Waals surface area contributed by atoms with Gasteiger partial charge in [-0.1, -0.05) is 60.1 Å². The Kier molecular flexibility index (Phi) is 6.14. The van der Waals surface area contributed by atoms with E-state index in [0.717, 1.165) is 5.56 Å². The number of hydrogen-bond donors (Lipinski definition) is 1. The largest absolute Gasteiger partial charge is 0.496 e. The molecule has 162 valence electrons. The van der Waals surface area contributed by atoms with E-state index in [1.54, 1.807) is 36.4 Å². The summed E-state index contributed by atoms with van der Waals surface area (Å²) < 4.78 is 10.7. The Morgan fingerprint density at radius 1 is 0.844 bits per heavy atom. The van der Waals surface area contributed by atoms with Crippen molar-refractivity contribution in [1.29, 1.82) is 0 Å². The minimum absolute atomic E-state index is 0.158. The second-order valence-electron chi connectivity index (χ2n) is 7.11. The zero-order valence-corrected chi connectivity index (χ0v) is 18.3. The molecule has 6 nitrogen and oxygen atoms in total. The molecule has 2 amide bonds. The third kappa shape index (κ3) is 4.05. The molecule has 0 unspecified atom stereocenters. The van der Waals surface area contributed by atoms with E-state index in [9.17, 15) is 9.59 Å². The molecular weight excluding hydrogens is 428 g/mol. The highest BCUT2D eigenvalue weighted by atomic mass is 35.5. The maximum atomic E-state index is 13.5. The van der Waals surface area contributed by atoms with Crippen LogP contribution < -0.4 is 14.8 Å². The van der Waals surface area contributed by atoms with E-state index in [-0.39, 0.29) is 17.8 Å². The van der Waals surface area contributed by atoms with Gasteiger partial charge in [-0.05, 0) is 29.8 Å². The Bertz CT molecular complexity index is 1210. The second-order valence-corrected chi connectivity index (χ2v) is 7.51. The maximum absolute atomic E-state index is 13.5. The second kappa shape index (κ2) is 9.16. The van der Waals surface area contributed by atoms with Crippen molar-refractivity contribution < 1.29 is 19.1 Å². The van der Waals surface area contributed by atoms with Crippen LogP contribution in [-0.4, -0.2) is 30.9 Å². The summed E-state index contributed by atoms with van der Waals surface area (Å²) in [6, 6.07) is 21.5. The standard InChI is InChI=1S/C25H21ClN2O4/c1-31-20-11-7-6-10-18(20)22-23(27-17-12-13-21(32-2)19(26)14-17)25(30)28(24(22)29)15-16-8-4-3-5-9-16/h3-14,27H,15H2,1-2H3. The molecule has 32 heavy (non-hydrogen) atoms. The summed E-state index contributed by atoms with van der Waals surface area (Å²) in [6.45, 7) is 0.158. The molecule has 0 bridgehead atoms. The molecule has 3 aromatic rings. The Balaban J connectivity index is 1.78. The van der Waals surface area contributed by atoms with Crippen LogP contribution >= 0.6 is 11.6 Å². The normalized spacial score (nSPS) is 13.5. The molecule has 0 spiro atoms. The SMILES string of the molecule is COc1ccc(NC2=C(c3ccccc3OC)C(=O)N(Cc3ccccc3)C2=O)cc1Cl. The topological polar surface area (TPSA) is 67.9 Å². The molecule has 1 heterocycles. The summed E-state index contributed by atoms with van der Waals surface area (Å²) in [4.78, 5) is 28.1. The van der Waals surface area contributed by atoms with Crippen molar-refractivity contribution in [1.82, 2.24) is 4.90 Å². The molecule has 0 atom stereocenters. The van der Waals surface area contributed by atoms with Crippen LogP contribution in [0.1, 0.15) is 11.1 Å². The van der Waals surface area contributed by atoms with Gasteiger partial charge < -0.3 is 14.8 Å². The smallest absolute Gasteiger partial charge is 0.278 e. The first-order valence-corrected chi connectivity index (χ1v) is 10.3. The molecule has 0 fully saturated rings. The van der Waals surface area contributed by atoms with E-state index >= 15 is 0 Å². The summed E-state index contributed by atoms with van der Waals surface area (Å²) in [5.41, 5.74) is 2.35. The van der Waals surface area contributed by atoms with Crippen LogP contribution in [0.3, 0.4) is 0 Å². The van der Waals surface area contributed by atoms with E-state index in [0.29, 0.717) is 27.8 Å².